The van der Waals surface area contributed by atoms with E-state index in [4.69, 9.17) is 14.8 Å². The Labute approximate surface area is 114 Å². The quantitative estimate of drug-likeness (QED) is 0.293. The third-order valence-corrected chi connectivity index (χ3v) is 2.84. The van der Waals surface area contributed by atoms with Crippen molar-refractivity contribution in [2.45, 2.75) is 37.8 Å². The summed E-state index contributed by atoms with van der Waals surface area (Å²) < 4.78 is 30.4. The minimum Gasteiger partial charge on any atom is -1.00 e. The van der Waals surface area contributed by atoms with E-state index < -0.39 is 27.1 Å². The molecule has 0 aromatic rings. The second kappa shape index (κ2) is 6.51. The summed E-state index contributed by atoms with van der Waals surface area (Å²) in [5.74, 6) is 0. The number of aliphatic hydroxyl groups excluding tert-OH is 2. The van der Waals surface area contributed by atoms with Crippen LogP contribution in [0.4, 0.5) is 0 Å². The Kier molecular flexibility index (Phi) is 7.88. The Morgan fingerprint density at radius 1 is 1.47 bits per heavy atom. The molecule has 0 aliphatic rings. The van der Waals surface area contributed by atoms with Gasteiger partial charge in [-0.3, -0.25) is 9.87 Å². The third-order valence-electron chi connectivity index (χ3n) is 1.69. The van der Waals surface area contributed by atoms with Crippen LogP contribution in [0.15, 0.2) is 0 Å². The molecule has 0 aliphatic heterocycles. The van der Waals surface area contributed by atoms with Gasteiger partial charge in [-0.15, -0.1) is 0 Å². The monoisotopic (exact) mass is 251 g/mol. The van der Waals surface area contributed by atoms with Crippen LogP contribution in [0.25, 0.3) is 0 Å². The largest absolute Gasteiger partial charge is 1.00 e. The summed E-state index contributed by atoms with van der Waals surface area (Å²) in [6.07, 6.45) is -1.27. The van der Waals surface area contributed by atoms with Crippen LogP contribution < -0.4 is 34.9 Å². The molecule has 0 aliphatic carbocycles. The van der Waals surface area contributed by atoms with Gasteiger partial charge in [0.1, 0.15) is 0 Å². The number of aliphatic hydroxyl groups is 2. The predicted octanol–water partition coefficient (Wildman–Crippen LogP) is -3.94. The minimum atomic E-state index is -4.38. The maximum Gasteiger partial charge on any atom is 1.00 e. The molecule has 0 bridgehead atoms. The summed E-state index contributed by atoms with van der Waals surface area (Å²) in [5.41, 5.74) is -0.891. The standard InChI is InChI=1S/C7H17NO5S.Na.H/c1-5(10)6(14(11,12)13)8-7(2,3)4-9;;/h5-6,8-10H,4H2,1-3H3,(H,11,12,13);;/q;+1;-1. The van der Waals surface area contributed by atoms with Gasteiger partial charge in [0.25, 0.3) is 10.1 Å². The Balaban J connectivity index is -0.000000845. The van der Waals surface area contributed by atoms with E-state index in [2.05, 4.69) is 5.32 Å². The zero-order valence-corrected chi connectivity index (χ0v) is 12.2. The summed E-state index contributed by atoms with van der Waals surface area (Å²) in [6, 6.07) is 0. The molecule has 6 nitrogen and oxygen atoms in total. The van der Waals surface area contributed by atoms with Crippen molar-refractivity contribution < 1.29 is 54.2 Å². The molecule has 0 radical (unpaired) electrons. The first-order valence-electron chi connectivity index (χ1n) is 4.13. The van der Waals surface area contributed by atoms with Gasteiger partial charge in [0.05, 0.1) is 12.7 Å². The Morgan fingerprint density at radius 2 is 1.87 bits per heavy atom. The van der Waals surface area contributed by atoms with Crippen molar-refractivity contribution in [3.05, 3.63) is 0 Å². The van der Waals surface area contributed by atoms with E-state index in [0.717, 1.165) is 0 Å². The minimum absolute atomic E-state index is 0. The van der Waals surface area contributed by atoms with Crippen molar-refractivity contribution in [3.8, 4) is 0 Å². The Morgan fingerprint density at radius 3 is 2.07 bits per heavy atom. The molecule has 0 spiro atoms. The van der Waals surface area contributed by atoms with Crippen LogP contribution in [0.1, 0.15) is 22.2 Å². The van der Waals surface area contributed by atoms with Crippen LogP contribution in [0.2, 0.25) is 0 Å². The molecular weight excluding hydrogens is 233 g/mol. The molecule has 0 fully saturated rings. The topological polar surface area (TPSA) is 107 Å². The first-order chi connectivity index (χ1) is 6.10. The van der Waals surface area contributed by atoms with Gasteiger partial charge in [0.2, 0.25) is 0 Å². The maximum absolute atomic E-state index is 10.8. The van der Waals surface area contributed by atoms with Crippen molar-refractivity contribution in [1.29, 1.82) is 0 Å². The van der Waals surface area contributed by atoms with E-state index in [9.17, 15) is 8.42 Å². The second-order valence-corrected chi connectivity index (χ2v) is 5.40. The molecule has 0 aromatic carbocycles. The van der Waals surface area contributed by atoms with Crippen molar-refractivity contribution in [3.63, 3.8) is 0 Å². The van der Waals surface area contributed by atoms with Crippen molar-refractivity contribution in [2.75, 3.05) is 6.61 Å². The van der Waals surface area contributed by atoms with E-state index in [1.54, 1.807) is 13.8 Å². The van der Waals surface area contributed by atoms with Crippen molar-refractivity contribution >= 4 is 10.1 Å². The Hall–Kier alpha value is 0.790. The fourth-order valence-corrected chi connectivity index (χ4v) is 1.84. The van der Waals surface area contributed by atoms with Crippen LogP contribution >= 0.6 is 0 Å². The molecule has 2 atom stereocenters. The smallest absolute Gasteiger partial charge is 1.00 e. The van der Waals surface area contributed by atoms with Gasteiger partial charge in [-0.1, -0.05) is 0 Å². The van der Waals surface area contributed by atoms with Crippen LogP contribution in [0, 0.1) is 0 Å². The van der Waals surface area contributed by atoms with E-state index in [1.807, 2.05) is 0 Å². The average molecular weight is 251 g/mol. The van der Waals surface area contributed by atoms with Gasteiger partial charge in [-0.05, 0) is 20.8 Å². The van der Waals surface area contributed by atoms with Crippen LogP contribution in [-0.4, -0.2) is 46.8 Å². The van der Waals surface area contributed by atoms with Gasteiger partial charge < -0.3 is 11.6 Å². The zero-order valence-electron chi connectivity index (χ0n) is 10.4. The number of hydrogen-bond donors (Lipinski definition) is 4. The summed E-state index contributed by atoms with van der Waals surface area (Å²) in [4.78, 5) is 0. The predicted molar refractivity (Wildman–Crippen MR) is 52.4 cm³/mol. The van der Waals surface area contributed by atoms with Gasteiger partial charge >= 0.3 is 29.6 Å². The molecule has 0 saturated heterocycles. The SMILES string of the molecule is CC(O)C(NC(C)(C)CO)S(=O)(=O)O.[H-].[Na+]. The van der Waals surface area contributed by atoms with Crippen molar-refractivity contribution in [2.24, 2.45) is 0 Å². The molecule has 0 rings (SSSR count). The molecule has 2 unspecified atom stereocenters. The van der Waals surface area contributed by atoms with Crippen LogP contribution in [0.3, 0.4) is 0 Å². The van der Waals surface area contributed by atoms with Crippen molar-refractivity contribution in [1.82, 2.24) is 5.32 Å². The average Bonchev–Trinajstić information content (AvgIpc) is 1.98. The third kappa shape index (κ3) is 6.85. The number of rotatable bonds is 5. The Bertz CT molecular complexity index is 283. The molecule has 0 amide bonds. The van der Waals surface area contributed by atoms with Crippen LogP contribution in [-0.2, 0) is 10.1 Å². The molecule has 0 heterocycles. The molecule has 88 valence electrons. The summed E-state index contributed by atoms with van der Waals surface area (Å²) in [5, 5.41) is 18.9. The first-order valence-corrected chi connectivity index (χ1v) is 5.63. The second-order valence-electron chi connectivity index (χ2n) is 3.86. The summed E-state index contributed by atoms with van der Waals surface area (Å²) in [7, 11) is -4.38. The molecular formula is C7H18NNaO5S. The molecule has 0 saturated carbocycles. The van der Waals surface area contributed by atoms with E-state index in [1.165, 1.54) is 6.92 Å². The molecule has 15 heavy (non-hydrogen) atoms. The fraction of sp³-hybridized carbons (Fsp3) is 1.00. The maximum atomic E-state index is 10.8. The normalized spacial score (nSPS) is 16.7. The van der Waals surface area contributed by atoms with Gasteiger partial charge in [-0.2, -0.15) is 8.42 Å². The van der Waals surface area contributed by atoms with E-state index in [-0.39, 0.29) is 37.6 Å². The summed E-state index contributed by atoms with van der Waals surface area (Å²) in [6.45, 7) is 4.02. The van der Waals surface area contributed by atoms with Gasteiger partial charge in [-0.25, -0.2) is 0 Å². The number of nitrogens with one attached hydrogen (secondary N) is 1. The van der Waals surface area contributed by atoms with Gasteiger partial charge in [0, 0.05) is 5.54 Å². The molecule has 8 heteroatoms. The summed E-state index contributed by atoms with van der Waals surface area (Å²) >= 11 is 0. The van der Waals surface area contributed by atoms with E-state index >= 15 is 0 Å². The van der Waals surface area contributed by atoms with Crippen LogP contribution in [0.5, 0.6) is 0 Å². The van der Waals surface area contributed by atoms with E-state index in [0.29, 0.717) is 0 Å². The molecule has 4 N–H and O–H groups in total. The fourth-order valence-electron chi connectivity index (χ4n) is 0.875. The zero-order chi connectivity index (χ0) is 11.6. The first kappa shape index (κ1) is 18.2. The number of hydrogen-bond acceptors (Lipinski definition) is 5. The molecule has 0 aromatic heterocycles. The van der Waals surface area contributed by atoms with Gasteiger partial charge in [0.15, 0.2) is 5.37 Å².